The van der Waals surface area contributed by atoms with Crippen molar-refractivity contribution < 1.29 is 0 Å². The lowest BCUT2D eigenvalue weighted by Gasteiger charge is -1.95. The molecule has 0 saturated heterocycles. The van der Waals surface area contributed by atoms with Crippen LogP contribution < -0.4 is 10.4 Å². The van der Waals surface area contributed by atoms with Crippen molar-refractivity contribution in [3.63, 3.8) is 0 Å². The normalized spacial score (nSPS) is 12.7. The third-order valence-corrected chi connectivity index (χ3v) is 2.48. The van der Waals surface area contributed by atoms with Gasteiger partial charge in [0.05, 0.1) is 0 Å². The second kappa shape index (κ2) is 5.38. The minimum atomic E-state index is 0.924. The monoisotopic (exact) mass is 198 g/mol. The van der Waals surface area contributed by atoms with E-state index in [-0.39, 0.29) is 0 Å². The summed E-state index contributed by atoms with van der Waals surface area (Å²) in [7, 11) is 0. The van der Waals surface area contributed by atoms with E-state index in [4.69, 9.17) is 0 Å². The van der Waals surface area contributed by atoms with Gasteiger partial charge in [0.25, 0.3) is 0 Å². The molecule has 1 aromatic carbocycles. The second-order valence-electron chi connectivity index (χ2n) is 3.79. The van der Waals surface area contributed by atoms with Crippen molar-refractivity contribution in [1.82, 2.24) is 0 Å². The molecule has 0 bridgehead atoms. The highest BCUT2D eigenvalue weighted by Gasteiger charge is 1.88. The molecule has 78 valence electrons. The van der Waals surface area contributed by atoms with Crippen LogP contribution in [0, 0.1) is 6.92 Å². The van der Waals surface area contributed by atoms with Crippen molar-refractivity contribution in [2.24, 2.45) is 0 Å². The third kappa shape index (κ3) is 3.27. The van der Waals surface area contributed by atoms with Gasteiger partial charge < -0.3 is 0 Å². The summed E-state index contributed by atoms with van der Waals surface area (Å²) < 4.78 is 0. The third-order valence-electron chi connectivity index (χ3n) is 2.48. The van der Waals surface area contributed by atoms with Gasteiger partial charge in [-0.1, -0.05) is 42.5 Å². The van der Waals surface area contributed by atoms with Crippen molar-refractivity contribution >= 4 is 12.2 Å². The lowest BCUT2D eigenvalue weighted by atomic mass is 10.1. The van der Waals surface area contributed by atoms with E-state index in [0.717, 1.165) is 6.42 Å². The molecule has 1 aromatic rings. The first-order valence-corrected chi connectivity index (χ1v) is 5.26. The fourth-order valence-electron chi connectivity index (χ4n) is 1.47. The Morgan fingerprint density at radius 2 is 2.13 bits per heavy atom. The van der Waals surface area contributed by atoms with Gasteiger partial charge >= 0.3 is 0 Å². The zero-order valence-electron chi connectivity index (χ0n) is 9.80. The summed E-state index contributed by atoms with van der Waals surface area (Å²) >= 11 is 0. The molecule has 15 heavy (non-hydrogen) atoms. The van der Waals surface area contributed by atoms with E-state index < -0.39 is 0 Å². The SMILES string of the molecule is C=C=C(C)CC=c1cc(C)ccc1=CC. The summed E-state index contributed by atoms with van der Waals surface area (Å²) in [5.41, 5.74) is 5.39. The number of benzene rings is 1. The van der Waals surface area contributed by atoms with Crippen LogP contribution in [0.25, 0.3) is 12.2 Å². The van der Waals surface area contributed by atoms with Crippen molar-refractivity contribution in [1.29, 1.82) is 0 Å². The predicted molar refractivity (Wildman–Crippen MR) is 68.0 cm³/mol. The summed E-state index contributed by atoms with van der Waals surface area (Å²) in [4.78, 5) is 0. The van der Waals surface area contributed by atoms with Crippen LogP contribution in [0.1, 0.15) is 25.8 Å². The molecule has 0 aromatic heterocycles. The standard InChI is InChI=1S/C15H18/c1-5-12(3)7-10-15-11-13(4)8-9-14(15)6-2/h6,8-11H,1,7H2,2-4H3. The van der Waals surface area contributed by atoms with Gasteiger partial charge in [-0.3, -0.25) is 0 Å². The Morgan fingerprint density at radius 3 is 2.73 bits per heavy atom. The second-order valence-corrected chi connectivity index (χ2v) is 3.79. The molecule has 0 spiro atoms. The Labute approximate surface area is 92.0 Å². The van der Waals surface area contributed by atoms with E-state index in [1.165, 1.54) is 21.6 Å². The fourth-order valence-corrected chi connectivity index (χ4v) is 1.47. The molecule has 0 atom stereocenters. The molecule has 0 aliphatic carbocycles. The summed E-state index contributed by atoms with van der Waals surface area (Å²) in [6, 6.07) is 6.52. The molecule has 0 aliphatic rings. The summed E-state index contributed by atoms with van der Waals surface area (Å²) in [5, 5.41) is 2.59. The van der Waals surface area contributed by atoms with E-state index in [2.05, 4.69) is 63.4 Å². The molecule has 0 fully saturated rings. The molecular formula is C15H18. The van der Waals surface area contributed by atoms with E-state index in [1.807, 2.05) is 0 Å². The van der Waals surface area contributed by atoms with Gasteiger partial charge in [0.15, 0.2) is 0 Å². The van der Waals surface area contributed by atoms with Crippen molar-refractivity contribution in [3.8, 4) is 0 Å². The minimum Gasteiger partial charge on any atom is -0.130 e. The van der Waals surface area contributed by atoms with E-state index >= 15 is 0 Å². The highest BCUT2D eigenvalue weighted by atomic mass is 13.9. The van der Waals surface area contributed by atoms with Crippen LogP contribution in [-0.4, -0.2) is 0 Å². The van der Waals surface area contributed by atoms with Crippen LogP contribution in [-0.2, 0) is 0 Å². The molecule has 0 saturated carbocycles. The van der Waals surface area contributed by atoms with Crippen molar-refractivity contribution in [2.75, 3.05) is 0 Å². The smallest absolute Gasteiger partial charge is 0.00563 e. The van der Waals surface area contributed by atoms with Crippen molar-refractivity contribution in [2.45, 2.75) is 27.2 Å². The maximum atomic E-state index is 3.64. The first-order valence-electron chi connectivity index (χ1n) is 5.26. The Bertz CT molecular complexity index is 497. The lowest BCUT2D eigenvalue weighted by molar-refractivity contribution is 1.26. The van der Waals surface area contributed by atoms with E-state index in [1.54, 1.807) is 0 Å². The maximum absolute atomic E-state index is 3.64. The molecule has 1 rings (SSSR count). The largest absolute Gasteiger partial charge is 0.130 e. The quantitative estimate of drug-likeness (QED) is 0.641. The number of hydrogen-bond donors (Lipinski definition) is 0. The van der Waals surface area contributed by atoms with Crippen LogP contribution in [0.3, 0.4) is 0 Å². The molecule has 0 unspecified atom stereocenters. The molecule has 0 aliphatic heterocycles. The van der Waals surface area contributed by atoms with Crippen LogP contribution in [0.15, 0.2) is 36.1 Å². The van der Waals surface area contributed by atoms with E-state index in [9.17, 15) is 0 Å². The highest BCUT2D eigenvalue weighted by molar-refractivity contribution is 5.35. The van der Waals surface area contributed by atoms with Crippen molar-refractivity contribution in [3.05, 3.63) is 52.1 Å². The van der Waals surface area contributed by atoms with Gasteiger partial charge in [-0.15, -0.1) is 5.73 Å². The number of rotatable bonds is 2. The summed E-state index contributed by atoms with van der Waals surface area (Å²) in [6.07, 6.45) is 5.29. The number of hydrogen-bond acceptors (Lipinski definition) is 0. The van der Waals surface area contributed by atoms with Gasteiger partial charge in [0.2, 0.25) is 0 Å². The molecule has 0 N–H and O–H groups in total. The Morgan fingerprint density at radius 1 is 1.40 bits per heavy atom. The van der Waals surface area contributed by atoms with Gasteiger partial charge in [-0.2, -0.15) is 0 Å². The van der Waals surface area contributed by atoms with Crippen LogP contribution in [0.4, 0.5) is 0 Å². The Hall–Kier alpha value is -1.52. The summed E-state index contributed by atoms with van der Waals surface area (Å²) in [5.74, 6) is 0. The number of allylic oxidation sites excluding steroid dienone is 1. The molecule has 0 heteroatoms. The molecule has 0 amide bonds. The van der Waals surface area contributed by atoms with Crippen LogP contribution in [0.2, 0.25) is 0 Å². The van der Waals surface area contributed by atoms with Crippen LogP contribution >= 0.6 is 0 Å². The van der Waals surface area contributed by atoms with Gasteiger partial charge in [-0.05, 0) is 43.2 Å². The molecule has 0 nitrogen and oxygen atoms in total. The Kier molecular flexibility index (Phi) is 4.15. The Balaban J connectivity index is 3.24. The minimum absolute atomic E-state index is 0.924. The lowest BCUT2D eigenvalue weighted by Crippen LogP contribution is -2.23. The van der Waals surface area contributed by atoms with Gasteiger partial charge in [0, 0.05) is 0 Å². The predicted octanol–water partition coefficient (Wildman–Crippen LogP) is 2.70. The van der Waals surface area contributed by atoms with Gasteiger partial charge in [0.1, 0.15) is 0 Å². The molecule has 0 heterocycles. The highest BCUT2D eigenvalue weighted by Crippen LogP contribution is 1.96. The molecule has 0 radical (unpaired) electrons. The topological polar surface area (TPSA) is 0 Å². The first kappa shape index (κ1) is 11.6. The fraction of sp³-hybridized carbons (Fsp3) is 0.267. The summed E-state index contributed by atoms with van der Waals surface area (Å²) in [6.45, 7) is 9.88. The maximum Gasteiger partial charge on any atom is -0.00563 e. The molecular weight excluding hydrogens is 180 g/mol. The first-order chi connectivity index (χ1) is 7.17. The number of aryl methyl sites for hydroxylation is 1. The van der Waals surface area contributed by atoms with Gasteiger partial charge in [-0.25, -0.2) is 0 Å². The zero-order valence-corrected chi connectivity index (χ0v) is 9.80. The average Bonchev–Trinajstić information content (AvgIpc) is 2.26. The van der Waals surface area contributed by atoms with E-state index in [0.29, 0.717) is 0 Å². The van der Waals surface area contributed by atoms with Crippen LogP contribution in [0.5, 0.6) is 0 Å². The zero-order chi connectivity index (χ0) is 11.3. The average molecular weight is 198 g/mol.